The molecule has 1 N–H and O–H groups in total. The van der Waals surface area contributed by atoms with E-state index in [4.69, 9.17) is 19.3 Å². The van der Waals surface area contributed by atoms with Crippen LogP contribution in [0.3, 0.4) is 0 Å². The van der Waals surface area contributed by atoms with E-state index in [0.717, 1.165) is 40.7 Å². The fraction of sp³-hybridized carbons (Fsp3) is 0.382. The Hall–Kier alpha value is -3.48. The lowest BCUT2D eigenvalue weighted by Crippen LogP contribution is -2.09. The Morgan fingerprint density at radius 3 is 2.33 bits per heavy atom. The third kappa shape index (κ3) is 8.03. The van der Waals surface area contributed by atoms with Gasteiger partial charge in [-0.25, -0.2) is 9.18 Å². The van der Waals surface area contributed by atoms with E-state index in [1.807, 2.05) is 48.5 Å². The molecule has 1 aliphatic rings. The molecule has 6 heteroatoms. The predicted molar refractivity (Wildman–Crippen MR) is 156 cm³/mol. The van der Waals surface area contributed by atoms with Gasteiger partial charge in [0.2, 0.25) is 0 Å². The first-order valence-electron chi connectivity index (χ1n) is 14.1. The van der Waals surface area contributed by atoms with Gasteiger partial charge in [0.05, 0.1) is 26.4 Å². The molecule has 0 amide bonds. The highest BCUT2D eigenvalue weighted by atomic mass is 19.1. The highest BCUT2D eigenvalue weighted by Crippen LogP contribution is 2.36. The van der Waals surface area contributed by atoms with E-state index in [1.54, 1.807) is 13.0 Å². The second-order valence-corrected chi connectivity index (χ2v) is 10.3. The number of esters is 1. The van der Waals surface area contributed by atoms with Crippen LogP contribution in [0.2, 0.25) is 0 Å². The number of carbonyl (C=O) groups excluding carboxylic acids is 1. The highest BCUT2D eigenvalue weighted by molar-refractivity contribution is 5.87. The summed E-state index contributed by atoms with van der Waals surface area (Å²) in [5.74, 6) is 0.523. The first-order chi connectivity index (χ1) is 19.5. The van der Waals surface area contributed by atoms with E-state index in [-0.39, 0.29) is 25.6 Å². The van der Waals surface area contributed by atoms with Gasteiger partial charge in [0.15, 0.2) is 0 Å². The lowest BCUT2D eigenvalue weighted by atomic mass is 9.83. The van der Waals surface area contributed by atoms with Crippen molar-refractivity contribution in [1.82, 2.24) is 0 Å². The topological polar surface area (TPSA) is 65.0 Å². The lowest BCUT2D eigenvalue weighted by molar-refractivity contribution is -0.138. The lowest BCUT2D eigenvalue weighted by Gasteiger charge is -2.22. The average Bonchev–Trinajstić information content (AvgIpc) is 2.97. The Labute approximate surface area is 236 Å². The molecule has 0 radical (unpaired) electrons. The summed E-state index contributed by atoms with van der Waals surface area (Å²) in [6.07, 6.45) is 6.42. The maximum Gasteiger partial charge on any atom is 0.333 e. The summed E-state index contributed by atoms with van der Waals surface area (Å²) < 4.78 is 31.7. The molecule has 1 fully saturated rings. The number of benzene rings is 3. The molecular weight excluding hydrogens is 507 g/mol. The van der Waals surface area contributed by atoms with E-state index < -0.39 is 5.97 Å². The summed E-state index contributed by atoms with van der Waals surface area (Å²) in [4.78, 5) is 12.0. The minimum atomic E-state index is -0.425. The maximum absolute atomic E-state index is 15.4. The molecule has 0 spiro atoms. The molecule has 0 bridgehead atoms. The molecule has 3 aromatic rings. The van der Waals surface area contributed by atoms with Crippen molar-refractivity contribution in [2.45, 2.75) is 51.4 Å². The number of carbonyl (C=O) groups is 1. The van der Waals surface area contributed by atoms with Crippen molar-refractivity contribution < 1.29 is 28.5 Å². The quantitative estimate of drug-likeness (QED) is 0.139. The zero-order valence-corrected chi connectivity index (χ0v) is 23.3. The van der Waals surface area contributed by atoms with Crippen LogP contribution in [0.1, 0.15) is 56.1 Å². The monoisotopic (exact) mass is 546 g/mol. The molecular formula is C34H39FO5. The molecule has 0 atom stereocenters. The van der Waals surface area contributed by atoms with Gasteiger partial charge in [0.25, 0.3) is 0 Å². The summed E-state index contributed by atoms with van der Waals surface area (Å²) in [6.45, 7) is 6.52. The minimum Gasteiger partial charge on any atom is -0.491 e. The number of rotatable bonds is 13. The molecule has 1 saturated carbocycles. The summed E-state index contributed by atoms with van der Waals surface area (Å²) in [5.41, 5.74) is 5.71. The second-order valence-electron chi connectivity index (χ2n) is 10.3. The van der Waals surface area contributed by atoms with Gasteiger partial charge in [-0.2, -0.15) is 0 Å². The fourth-order valence-corrected chi connectivity index (χ4v) is 5.20. The third-order valence-corrected chi connectivity index (χ3v) is 7.34. The highest BCUT2D eigenvalue weighted by Gasteiger charge is 2.18. The van der Waals surface area contributed by atoms with Crippen molar-refractivity contribution in [3.8, 4) is 28.0 Å². The second kappa shape index (κ2) is 14.8. The van der Waals surface area contributed by atoms with Gasteiger partial charge in [-0.1, -0.05) is 68.3 Å². The van der Waals surface area contributed by atoms with E-state index >= 15 is 4.39 Å². The Morgan fingerprint density at radius 2 is 1.62 bits per heavy atom. The Bertz CT molecular complexity index is 1280. The van der Waals surface area contributed by atoms with Crippen molar-refractivity contribution in [1.29, 1.82) is 0 Å². The molecule has 0 aromatic heterocycles. The summed E-state index contributed by atoms with van der Waals surface area (Å²) >= 11 is 0. The van der Waals surface area contributed by atoms with E-state index in [1.165, 1.54) is 19.3 Å². The Kier molecular flexibility index (Phi) is 10.9. The molecule has 3 aromatic carbocycles. The van der Waals surface area contributed by atoms with Crippen LogP contribution in [-0.2, 0) is 20.7 Å². The molecule has 5 nitrogen and oxygen atoms in total. The first kappa shape index (κ1) is 29.5. The van der Waals surface area contributed by atoms with Crippen LogP contribution in [0.25, 0.3) is 22.3 Å². The Morgan fingerprint density at radius 1 is 0.900 bits per heavy atom. The van der Waals surface area contributed by atoms with Crippen LogP contribution in [0.4, 0.5) is 4.39 Å². The van der Waals surface area contributed by atoms with Crippen molar-refractivity contribution in [3.63, 3.8) is 0 Å². The summed E-state index contributed by atoms with van der Waals surface area (Å²) in [6, 6.07) is 19.3. The van der Waals surface area contributed by atoms with Gasteiger partial charge < -0.3 is 19.3 Å². The van der Waals surface area contributed by atoms with Crippen molar-refractivity contribution in [2.24, 2.45) is 0 Å². The van der Waals surface area contributed by atoms with Gasteiger partial charge in [0.1, 0.15) is 18.2 Å². The van der Waals surface area contributed by atoms with Gasteiger partial charge in [-0.15, -0.1) is 0 Å². The van der Waals surface area contributed by atoms with Crippen LogP contribution in [-0.4, -0.2) is 44.1 Å². The molecule has 4 rings (SSSR count). The predicted octanol–water partition coefficient (Wildman–Crippen LogP) is 7.26. The first-order valence-corrected chi connectivity index (χ1v) is 14.1. The largest absolute Gasteiger partial charge is 0.491 e. The molecule has 0 unspecified atom stereocenters. The van der Waals surface area contributed by atoms with Gasteiger partial charge >= 0.3 is 5.97 Å². The number of ether oxygens (including phenoxy) is 3. The Balaban J connectivity index is 1.55. The number of aliphatic hydroxyl groups is 1. The van der Waals surface area contributed by atoms with Crippen molar-refractivity contribution >= 4 is 5.97 Å². The molecule has 0 heterocycles. The summed E-state index contributed by atoms with van der Waals surface area (Å²) in [5, 5.41) is 8.79. The average molecular weight is 547 g/mol. The minimum absolute atomic E-state index is 0.0133. The third-order valence-electron chi connectivity index (χ3n) is 7.34. The number of hydrogen-bond donors (Lipinski definition) is 1. The van der Waals surface area contributed by atoms with Gasteiger partial charge in [-0.3, -0.25) is 0 Å². The zero-order chi connectivity index (χ0) is 28.3. The van der Waals surface area contributed by atoms with Crippen LogP contribution in [0.15, 0.2) is 72.8 Å². The molecule has 212 valence electrons. The van der Waals surface area contributed by atoms with E-state index in [2.05, 4.69) is 12.6 Å². The smallest absolute Gasteiger partial charge is 0.333 e. The number of aliphatic hydroxyl groups excluding tert-OH is 1. The van der Waals surface area contributed by atoms with Gasteiger partial charge in [-0.05, 0) is 71.7 Å². The number of halogens is 1. The van der Waals surface area contributed by atoms with Crippen LogP contribution in [0, 0.1) is 5.82 Å². The summed E-state index contributed by atoms with van der Waals surface area (Å²) in [7, 11) is 0. The van der Waals surface area contributed by atoms with Crippen LogP contribution >= 0.6 is 0 Å². The molecule has 40 heavy (non-hydrogen) atoms. The molecule has 1 aliphatic carbocycles. The van der Waals surface area contributed by atoms with Gasteiger partial charge in [0, 0.05) is 17.6 Å². The van der Waals surface area contributed by atoms with Crippen molar-refractivity contribution in [3.05, 3.63) is 89.8 Å². The number of hydrogen-bond acceptors (Lipinski definition) is 5. The molecule has 0 aliphatic heterocycles. The van der Waals surface area contributed by atoms with Crippen molar-refractivity contribution in [2.75, 3.05) is 33.0 Å². The standard InChI is InChI=1S/C34H39FO5/c1-24(2)34(37)40-18-16-29-22-28(32-15-10-27(23-33(32)35)25-6-4-3-5-7-25)11-14-31(29)26-8-12-30(13-9-26)39-21-20-38-19-17-36/h8-15,22-23,25,36H,1,3-7,16-21H2,2H3. The van der Waals surface area contributed by atoms with E-state index in [9.17, 15) is 4.79 Å². The van der Waals surface area contributed by atoms with Crippen LogP contribution in [0.5, 0.6) is 5.75 Å². The fourth-order valence-electron chi connectivity index (χ4n) is 5.20. The normalized spacial score (nSPS) is 13.7. The van der Waals surface area contributed by atoms with E-state index in [0.29, 0.717) is 42.4 Å². The maximum atomic E-state index is 15.4. The SMILES string of the molecule is C=C(C)C(=O)OCCc1cc(-c2ccc(C3CCCCC3)cc2F)ccc1-c1ccc(OCCOCCO)cc1. The van der Waals surface area contributed by atoms with Crippen LogP contribution < -0.4 is 4.74 Å². The molecule has 0 saturated heterocycles. The zero-order valence-electron chi connectivity index (χ0n) is 23.3.